The van der Waals surface area contributed by atoms with Crippen molar-refractivity contribution in [3.05, 3.63) is 65.2 Å². The van der Waals surface area contributed by atoms with E-state index in [0.29, 0.717) is 34.5 Å². The first kappa shape index (κ1) is 23.8. The molecule has 2 amide bonds. The number of nitrogens with one attached hydrogen (secondary N) is 1. The lowest BCUT2D eigenvalue weighted by Crippen LogP contribution is -2.40. The number of halogens is 1. The van der Waals surface area contributed by atoms with Crippen molar-refractivity contribution in [1.82, 2.24) is 20.1 Å². The number of hydrogen-bond donors (Lipinski definition) is 1. The molecule has 1 aliphatic rings. The molecule has 178 valence electrons. The second-order valence-electron chi connectivity index (χ2n) is 9.42. The summed E-state index contributed by atoms with van der Waals surface area (Å²) in [7, 11) is 0. The fourth-order valence-corrected chi connectivity index (χ4v) is 4.29. The Morgan fingerprint density at radius 2 is 1.85 bits per heavy atom. The molecule has 0 aliphatic carbocycles. The van der Waals surface area contributed by atoms with Gasteiger partial charge in [0.15, 0.2) is 0 Å². The average Bonchev–Trinajstić information content (AvgIpc) is 3.08. The highest BCUT2D eigenvalue weighted by molar-refractivity contribution is 6.31. The molecule has 8 nitrogen and oxygen atoms in total. The van der Waals surface area contributed by atoms with Crippen LogP contribution in [0.5, 0.6) is 0 Å². The number of carbonyl (C=O) groups is 2. The zero-order chi connectivity index (χ0) is 24.6. The van der Waals surface area contributed by atoms with Crippen LogP contribution in [0.4, 0.5) is 16.2 Å². The van der Waals surface area contributed by atoms with Crippen LogP contribution >= 0.6 is 11.6 Å². The molecular weight excluding hydrogens is 454 g/mol. The summed E-state index contributed by atoms with van der Waals surface area (Å²) >= 11 is 6.36. The van der Waals surface area contributed by atoms with E-state index < -0.39 is 17.6 Å². The van der Waals surface area contributed by atoms with Gasteiger partial charge in [-0.1, -0.05) is 29.8 Å². The molecule has 1 aromatic heterocycles. The zero-order valence-corrected chi connectivity index (χ0v) is 20.6. The number of aryl methyl sites for hydroxylation is 1. The Kier molecular flexibility index (Phi) is 6.36. The second-order valence-corrected chi connectivity index (χ2v) is 9.86. The summed E-state index contributed by atoms with van der Waals surface area (Å²) in [5.74, 6) is 0.317. The first-order valence-corrected chi connectivity index (χ1v) is 11.5. The molecule has 0 spiro atoms. The smallest absolute Gasteiger partial charge is 0.407 e. The Morgan fingerprint density at radius 3 is 2.53 bits per heavy atom. The predicted octanol–water partition coefficient (Wildman–Crippen LogP) is 5.29. The topological polar surface area (TPSA) is 89.4 Å². The van der Waals surface area contributed by atoms with Gasteiger partial charge in [0.25, 0.3) is 0 Å². The summed E-state index contributed by atoms with van der Waals surface area (Å²) in [6, 6.07) is 14.5. The molecule has 2 aromatic carbocycles. The van der Waals surface area contributed by atoms with Crippen molar-refractivity contribution < 1.29 is 14.3 Å². The molecular formula is C25H28ClN5O3. The van der Waals surface area contributed by atoms with E-state index in [1.54, 1.807) is 37.8 Å². The summed E-state index contributed by atoms with van der Waals surface area (Å²) < 4.78 is 7.27. The maximum Gasteiger partial charge on any atom is 0.407 e. The molecule has 0 bridgehead atoms. The van der Waals surface area contributed by atoms with E-state index in [0.717, 1.165) is 5.69 Å². The largest absolute Gasteiger partial charge is 0.444 e. The molecule has 0 fully saturated rings. The van der Waals surface area contributed by atoms with Gasteiger partial charge in [-0.2, -0.15) is 0 Å². The number of fused-ring (bicyclic) bond motifs is 3. The van der Waals surface area contributed by atoms with Crippen LogP contribution in [0.25, 0.3) is 5.69 Å². The number of alkyl carbamates (subject to hydrolysis) is 1. The van der Waals surface area contributed by atoms with E-state index in [9.17, 15) is 9.59 Å². The Hall–Kier alpha value is -3.39. The minimum atomic E-state index is -0.669. The van der Waals surface area contributed by atoms with Crippen LogP contribution in [0.2, 0.25) is 5.02 Å². The third-order valence-electron chi connectivity index (χ3n) is 5.47. The minimum absolute atomic E-state index is 0.182. The Balaban J connectivity index is 1.77. The summed E-state index contributed by atoms with van der Waals surface area (Å²) in [5, 5.41) is 12.0. The summed E-state index contributed by atoms with van der Waals surface area (Å²) in [6.45, 7) is 9.09. The van der Waals surface area contributed by atoms with Gasteiger partial charge in [-0.25, -0.2) is 4.79 Å². The van der Waals surface area contributed by atoms with Gasteiger partial charge < -0.3 is 10.1 Å². The Labute approximate surface area is 203 Å². The number of aromatic nitrogens is 3. The van der Waals surface area contributed by atoms with Crippen LogP contribution in [-0.2, 0) is 9.53 Å². The fraction of sp³-hybridized carbons (Fsp3) is 0.360. The van der Waals surface area contributed by atoms with Crippen molar-refractivity contribution in [2.24, 2.45) is 0 Å². The third kappa shape index (κ3) is 4.77. The molecule has 3 aromatic rings. The van der Waals surface area contributed by atoms with Crippen LogP contribution in [0.3, 0.4) is 0 Å². The number of hydrogen-bond acceptors (Lipinski definition) is 5. The van der Waals surface area contributed by atoms with E-state index >= 15 is 0 Å². The molecule has 2 heterocycles. The zero-order valence-electron chi connectivity index (χ0n) is 19.9. The van der Waals surface area contributed by atoms with E-state index in [2.05, 4.69) is 15.5 Å². The number of amides is 2. The van der Waals surface area contributed by atoms with E-state index in [1.165, 1.54) is 0 Å². The standard InChI is InChI=1S/C25H28ClN5O3/c1-15(27-24(33)34-25(3,4)5)13-19-22-29-28-16(2)30(22)20-12-11-17(26)14-21(20)31(23(19)32)18-9-7-6-8-10-18/h6-12,14-15,19H,13H2,1-5H3,(H,27,33). The normalized spacial score (nSPS) is 16.4. The first-order valence-electron chi connectivity index (χ1n) is 11.2. The maximum absolute atomic E-state index is 14.1. The van der Waals surface area contributed by atoms with Crippen molar-refractivity contribution in [1.29, 1.82) is 0 Å². The molecule has 34 heavy (non-hydrogen) atoms. The molecule has 4 rings (SSSR count). The summed E-state index contributed by atoms with van der Waals surface area (Å²) in [6.07, 6.45) is -0.227. The average molecular weight is 482 g/mol. The summed E-state index contributed by atoms with van der Waals surface area (Å²) in [4.78, 5) is 28.1. The lowest BCUT2D eigenvalue weighted by Gasteiger charge is -2.27. The number of nitrogens with zero attached hydrogens (tertiary/aromatic N) is 4. The van der Waals surface area contributed by atoms with Gasteiger partial charge in [0.2, 0.25) is 5.91 Å². The van der Waals surface area contributed by atoms with Crippen molar-refractivity contribution in [3.8, 4) is 5.69 Å². The van der Waals surface area contributed by atoms with Crippen molar-refractivity contribution >= 4 is 35.0 Å². The molecule has 2 atom stereocenters. The highest BCUT2D eigenvalue weighted by atomic mass is 35.5. The molecule has 1 N–H and O–H groups in total. The van der Waals surface area contributed by atoms with E-state index in [1.807, 2.05) is 54.8 Å². The van der Waals surface area contributed by atoms with Gasteiger partial charge in [-0.3, -0.25) is 14.3 Å². The van der Waals surface area contributed by atoms with Crippen LogP contribution in [0.15, 0.2) is 48.5 Å². The van der Waals surface area contributed by atoms with Crippen molar-refractivity contribution in [3.63, 3.8) is 0 Å². The van der Waals surface area contributed by atoms with Crippen LogP contribution in [0, 0.1) is 6.92 Å². The number of benzene rings is 2. The van der Waals surface area contributed by atoms with Gasteiger partial charge in [0.1, 0.15) is 23.2 Å². The predicted molar refractivity (Wildman–Crippen MR) is 131 cm³/mol. The van der Waals surface area contributed by atoms with Crippen LogP contribution in [-0.4, -0.2) is 38.4 Å². The van der Waals surface area contributed by atoms with Gasteiger partial charge in [0, 0.05) is 16.8 Å². The quantitative estimate of drug-likeness (QED) is 0.546. The van der Waals surface area contributed by atoms with Crippen molar-refractivity contribution in [2.75, 3.05) is 4.90 Å². The SMILES string of the molecule is Cc1nnc2n1-c1ccc(Cl)cc1N(c1ccccc1)C(=O)C2CC(C)NC(=O)OC(C)(C)C. The Bertz CT molecular complexity index is 1220. The number of anilines is 2. The van der Waals surface area contributed by atoms with Gasteiger partial charge >= 0.3 is 6.09 Å². The minimum Gasteiger partial charge on any atom is -0.444 e. The van der Waals surface area contributed by atoms with E-state index in [4.69, 9.17) is 16.3 Å². The molecule has 0 radical (unpaired) electrons. The lowest BCUT2D eigenvalue weighted by molar-refractivity contribution is -0.119. The van der Waals surface area contributed by atoms with Crippen LogP contribution in [0.1, 0.15) is 51.7 Å². The number of rotatable bonds is 4. The number of carbonyl (C=O) groups excluding carboxylic acids is 2. The first-order chi connectivity index (χ1) is 16.0. The number of ether oxygens (including phenoxy) is 1. The van der Waals surface area contributed by atoms with Gasteiger partial charge in [-0.05, 0) is 71.4 Å². The molecule has 2 unspecified atom stereocenters. The van der Waals surface area contributed by atoms with Gasteiger partial charge in [0.05, 0.1) is 11.4 Å². The molecule has 9 heteroatoms. The number of para-hydroxylation sites is 1. The van der Waals surface area contributed by atoms with Crippen LogP contribution < -0.4 is 10.2 Å². The lowest BCUT2D eigenvalue weighted by atomic mass is 9.97. The molecule has 0 saturated carbocycles. The third-order valence-corrected chi connectivity index (χ3v) is 5.70. The highest BCUT2D eigenvalue weighted by Gasteiger charge is 2.38. The molecule has 0 saturated heterocycles. The monoisotopic (exact) mass is 481 g/mol. The maximum atomic E-state index is 14.1. The summed E-state index contributed by atoms with van der Waals surface area (Å²) in [5.41, 5.74) is 1.49. The van der Waals surface area contributed by atoms with Crippen molar-refractivity contribution in [2.45, 2.75) is 58.6 Å². The second kappa shape index (κ2) is 9.10. The van der Waals surface area contributed by atoms with E-state index in [-0.39, 0.29) is 11.9 Å². The fourth-order valence-electron chi connectivity index (χ4n) is 4.12. The highest BCUT2D eigenvalue weighted by Crippen LogP contribution is 2.41. The Morgan fingerprint density at radius 1 is 1.15 bits per heavy atom. The van der Waals surface area contributed by atoms with Gasteiger partial charge in [-0.15, -0.1) is 10.2 Å². The molecule has 1 aliphatic heterocycles.